The summed E-state index contributed by atoms with van der Waals surface area (Å²) in [5.41, 5.74) is 1.24. The fourth-order valence-electron chi connectivity index (χ4n) is 3.41. The molecule has 28 heavy (non-hydrogen) atoms. The van der Waals surface area contributed by atoms with Crippen molar-refractivity contribution in [1.82, 2.24) is 0 Å². The lowest BCUT2D eigenvalue weighted by Crippen LogP contribution is -2.43. The normalized spacial score (nSPS) is 24.7. The Morgan fingerprint density at radius 3 is 2.43 bits per heavy atom. The van der Waals surface area contributed by atoms with Crippen LogP contribution in [0.3, 0.4) is 0 Å². The molecule has 0 radical (unpaired) electrons. The van der Waals surface area contributed by atoms with Gasteiger partial charge in [0, 0.05) is 12.0 Å². The van der Waals surface area contributed by atoms with E-state index in [0.717, 1.165) is 12.8 Å². The summed E-state index contributed by atoms with van der Waals surface area (Å²) in [5.74, 6) is 0.209. The summed E-state index contributed by atoms with van der Waals surface area (Å²) < 4.78 is 6.52. The first-order valence-corrected chi connectivity index (χ1v) is 14.3. The van der Waals surface area contributed by atoms with Crippen molar-refractivity contribution in [1.29, 1.82) is 0 Å². The Hall–Kier alpha value is -0.643. The van der Waals surface area contributed by atoms with Crippen molar-refractivity contribution in [3.63, 3.8) is 0 Å². The van der Waals surface area contributed by atoms with Crippen LogP contribution in [0.2, 0.25) is 18.1 Å². The molecule has 0 saturated heterocycles. The molecule has 0 aromatic heterocycles. The number of aliphatic hydroxyl groups is 1. The predicted molar refractivity (Wildman–Crippen MR) is 126 cm³/mol. The van der Waals surface area contributed by atoms with Gasteiger partial charge >= 0.3 is 0 Å². The highest BCUT2D eigenvalue weighted by Gasteiger charge is 2.42. The molecule has 1 rings (SSSR count). The third-order valence-electron chi connectivity index (χ3n) is 6.38. The minimum Gasteiger partial charge on any atom is -0.414 e. The molecular formula is C25H46O2Si. The van der Waals surface area contributed by atoms with Crippen molar-refractivity contribution in [3.05, 3.63) is 36.0 Å². The van der Waals surface area contributed by atoms with Gasteiger partial charge in [0.1, 0.15) is 0 Å². The molecule has 0 amide bonds. The Labute approximate surface area is 176 Å². The fraction of sp³-hybridized carbons (Fsp3) is 0.760. The maximum atomic E-state index is 10.5. The van der Waals surface area contributed by atoms with E-state index in [1.807, 2.05) is 0 Å². The molecule has 0 heterocycles. The van der Waals surface area contributed by atoms with Gasteiger partial charge in [0.25, 0.3) is 0 Å². The number of unbranched alkanes of at least 4 members (excludes halogenated alkanes) is 5. The zero-order chi connectivity index (χ0) is 21.2. The SMILES string of the molecule is CCCCCCC/C=C/C=C(C)/C=C/[C@H]1C[C@@H](O[Si](C)(C)C(C)(C)C)C[C@@H]1O. The molecule has 1 aliphatic rings. The Morgan fingerprint density at radius 2 is 1.79 bits per heavy atom. The molecule has 0 aromatic carbocycles. The molecule has 0 unspecified atom stereocenters. The lowest BCUT2D eigenvalue weighted by molar-refractivity contribution is 0.132. The maximum absolute atomic E-state index is 10.5. The van der Waals surface area contributed by atoms with Crippen molar-refractivity contribution in [2.75, 3.05) is 0 Å². The minimum atomic E-state index is -1.77. The average Bonchev–Trinajstić information content (AvgIpc) is 2.93. The van der Waals surface area contributed by atoms with Crippen LogP contribution in [0, 0.1) is 5.92 Å². The molecule has 1 fully saturated rings. The standard InChI is InChI=1S/C25H46O2Si/c1-8-9-10-11-12-13-14-15-16-21(2)17-18-22-19-23(20-24(22)26)27-28(6,7)25(3,4)5/h14-18,22-24,26H,8-13,19-20H2,1-7H3/b15-14+,18-17+,21-16+/t22-,23+,24-/m0/s1. The highest BCUT2D eigenvalue weighted by molar-refractivity contribution is 6.74. The summed E-state index contributed by atoms with van der Waals surface area (Å²) in [6.07, 6.45) is 20.4. The number of aliphatic hydroxyl groups excluding tert-OH is 1. The highest BCUT2D eigenvalue weighted by Crippen LogP contribution is 2.40. The van der Waals surface area contributed by atoms with Crippen molar-refractivity contribution < 1.29 is 9.53 Å². The fourth-order valence-corrected chi connectivity index (χ4v) is 4.79. The number of allylic oxidation sites excluding steroid dienone is 5. The predicted octanol–water partition coefficient (Wildman–Crippen LogP) is 7.57. The molecule has 1 saturated carbocycles. The van der Waals surface area contributed by atoms with Crippen molar-refractivity contribution in [2.24, 2.45) is 5.92 Å². The van der Waals surface area contributed by atoms with E-state index in [1.54, 1.807) is 0 Å². The Bertz CT molecular complexity index is 525. The summed E-state index contributed by atoms with van der Waals surface area (Å²) in [5, 5.41) is 10.7. The molecule has 2 nitrogen and oxygen atoms in total. The summed E-state index contributed by atoms with van der Waals surface area (Å²) in [4.78, 5) is 0. The van der Waals surface area contributed by atoms with E-state index in [0.29, 0.717) is 0 Å². The van der Waals surface area contributed by atoms with Crippen LogP contribution >= 0.6 is 0 Å². The van der Waals surface area contributed by atoms with E-state index in [4.69, 9.17) is 4.43 Å². The van der Waals surface area contributed by atoms with Gasteiger partial charge in [-0.15, -0.1) is 0 Å². The van der Waals surface area contributed by atoms with E-state index in [1.165, 1.54) is 44.1 Å². The summed E-state index contributed by atoms with van der Waals surface area (Å²) in [6, 6.07) is 0. The molecule has 1 N–H and O–H groups in total. The van der Waals surface area contributed by atoms with Crippen LogP contribution in [0.4, 0.5) is 0 Å². The van der Waals surface area contributed by atoms with E-state index in [2.05, 4.69) is 78.1 Å². The monoisotopic (exact) mass is 406 g/mol. The largest absolute Gasteiger partial charge is 0.414 e. The van der Waals surface area contributed by atoms with Crippen LogP contribution in [-0.2, 0) is 4.43 Å². The quantitative estimate of drug-likeness (QED) is 0.218. The third kappa shape index (κ3) is 9.24. The van der Waals surface area contributed by atoms with Crippen LogP contribution < -0.4 is 0 Å². The van der Waals surface area contributed by atoms with Gasteiger partial charge in [0.05, 0.1) is 6.10 Å². The molecule has 0 spiro atoms. The van der Waals surface area contributed by atoms with Crippen LogP contribution in [0.5, 0.6) is 0 Å². The van der Waals surface area contributed by atoms with E-state index in [-0.39, 0.29) is 23.2 Å². The molecular weight excluding hydrogens is 360 g/mol. The smallest absolute Gasteiger partial charge is 0.192 e. The average molecular weight is 407 g/mol. The lowest BCUT2D eigenvalue weighted by atomic mass is 10.0. The van der Waals surface area contributed by atoms with Gasteiger partial charge in [0.2, 0.25) is 0 Å². The first kappa shape index (κ1) is 25.4. The first-order chi connectivity index (χ1) is 13.1. The molecule has 3 heteroatoms. The van der Waals surface area contributed by atoms with Crippen LogP contribution in [0.25, 0.3) is 0 Å². The molecule has 0 aromatic rings. The first-order valence-electron chi connectivity index (χ1n) is 11.4. The number of hydrogen-bond acceptors (Lipinski definition) is 2. The zero-order valence-electron chi connectivity index (χ0n) is 19.6. The van der Waals surface area contributed by atoms with Crippen molar-refractivity contribution in [3.8, 4) is 0 Å². The molecule has 1 aliphatic carbocycles. The second-order valence-electron chi connectivity index (χ2n) is 10.1. The third-order valence-corrected chi connectivity index (χ3v) is 10.9. The number of rotatable bonds is 11. The second kappa shape index (κ2) is 12.1. The molecule has 3 atom stereocenters. The Morgan fingerprint density at radius 1 is 1.11 bits per heavy atom. The van der Waals surface area contributed by atoms with Gasteiger partial charge < -0.3 is 9.53 Å². The Kier molecular flexibility index (Phi) is 11.0. The van der Waals surface area contributed by atoms with Crippen LogP contribution in [0.15, 0.2) is 36.0 Å². The summed E-state index contributed by atoms with van der Waals surface area (Å²) >= 11 is 0. The van der Waals surface area contributed by atoms with Gasteiger partial charge in [-0.05, 0) is 50.7 Å². The van der Waals surface area contributed by atoms with Gasteiger partial charge in [0.15, 0.2) is 8.32 Å². The lowest BCUT2D eigenvalue weighted by Gasteiger charge is -2.38. The zero-order valence-corrected chi connectivity index (χ0v) is 20.6. The maximum Gasteiger partial charge on any atom is 0.192 e. The molecule has 162 valence electrons. The van der Waals surface area contributed by atoms with Crippen LogP contribution in [-0.4, -0.2) is 25.6 Å². The number of hydrogen-bond donors (Lipinski definition) is 1. The van der Waals surface area contributed by atoms with E-state index < -0.39 is 8.32 Å². The van der Waals surface area contributed by atoms with Gasteiger partial charge in [-0.25, -0.2) is 0 Å². The van der Waals surface area contributed by atoms with Crippen LogP contribution in [0.1, 0.15) is 86.0 Å². The minimum absolute atomic E-state index is 0.197. The van der Waals surface area contributed by atoms with E-state index in [9.17, 15) is 5.11 Å². The highest BCUT2D eigenvalue weighted by atomic mass is 28.4. The molecule has 0 aliphatic heterocycles. The second-order valence-corrected chi connectivity index (χ2v) is 14.9. The van der Waals surface area contributed by atoms with E-state index >= 15 is 0 Å². The van der Waals surface area contributed by atoms with Gasteiger partial charge in [-0.2, -0.15) is 0 Å². The topological polar surface area (TPSA) is 29.5 Å². The summed E-state index contributed by atoms with van der Waals surface area (Å²) in [6.45, 7) is 15.8. The van der Waals surface area contributed by atoms with Crippen molar-refractivity contribution >= 4 is 8.32 Å². The van der Waals surface area contributed by atoms with Gasteiger partial charge in [-0.3, -0.25) is 0 Å². The van der Waals surface area contributed by atoms with Gasteiger partial charge in [-0.1, -0.05) is 89.3 Å². The Balaban J connectivity index is 2.42. The van der Waals surface area contributed by atoms with Crippen molar-refractivity contribution in [2.45, 2.75) is 116 Å². The summed E-state index contributed by atoms with van der Waals surface area (Å²) in [7, 11) is -1.77. The molecule has 0 bridgehead atoms.